The van der Waals surface area contributed by atoms with Crippen molar-refractivity contribution in [2.75, 3.05) is 0 Å². The molecule has 46 heavy (non-hydrogen) atoms. The first-order valence-corrected chi connectivity index (χ1v) is 15.6. The number of hydrogen-bond acceptors (Lipinski definition) is 2. The standard InChI is InChI=1S/C44H30N2/c1-3-9-31(10-4-1)36-13-7-15-38(27-36)39-21-22-43-42(29-39)41(35-19-17-33(18-20-35)34-23-25-45-26-24-34)30-44(46-43)40-16-8-14-37(28-40)32-11-5-2-6-12-32/h1-30H. The van der Waals surface area contributed by atoms with Crippen LogP contribution in [0.2, 0.25) is 0 Å². The molecule has 0 unspecified atom stereocenters. The van der Waals surface area contributed by atoms with Crippen LogP contribution in [0, 0.1) is 0 Å². The van der Waals surface area contributed by atoms with Gasteiger partial charge in [-0.25, -0.2) is 4.98 Å². The molecule has 2 heterocycles. The molecule has 6 aromatic carbocycles. The molecule has 2 heteroatoms. The van der Waals surface area contributed by atoms with Gasteiger partial charge in [-0.2, -0.15) is 0 Å². The van der Waals surface area contributed by atoms with Gasteiger partial charge in [-0.3, -0.25) is 4.98 Å². The molecular weight excluding hydrogens is 556 g/mol. The van der Waals surface area contributed by atoms with E-state index in [0.29, 0.717) is 0 Å². The molecule has 0 saturated carbocycles. The summed E-state index contributed by atoms with van der Waals surface area (Å²) in [5.41, 5.74) is 14.8. The molecule has 0 aliphatic carbocycles. The molecule has 0 amide bonds. The van der Waals surface area contributed by atoms with Crippen molar-refractivity contribution in [1.29, 1.82) is 0 Å². The Kier molecular flexibility index (Phi) is 7.22. The van der Waals surface area contributed by atoms with Crippen LogP contribution in [0.25, 0.3) is 77.8 Å². The van der Waals surface area contributed by atoms with E-state index < -0.39 is 0 Å². The topological polar surface area (TPSA) is 25.8 Å². The predicted molar refractivity (Wildman–Crippen MR) is 192 cm³/mol. The summed E-state index contributed by atoms with van der Waals surface area (Å²) in [6, 6.07) is 60.3. The van der Waals surface area contributed by atoms with Gasteiger partial charge >= 0.3 is 0 Å². The third-order valence-electron chi connectivity index (χ3n) is 8.59. The van der Waals surface area contributed by atoms with Crippen LogP contribution in [-0.2, 0) is 0 Å². The average molecular weight is 587 g/mol. The van der Waals surface area contributed by atoms with Gasteiger partial charge in [-0.15, -0.1) is 0 Å². The zero-order valence-corrected chi connectivity index (χ0v) is 25.2. The van der Waals surface area contributed by atoms with Crippen LogP contribution in [0.5, 0.6) is 0 Å². The summed E-state index contributed by atoms with van der Waals surface area (Å²) in [5.74, 6) is 0. The SMILES string of the molecule is c1ccc(-c2cccc(-c3ccc4nc(-c5cccc(-c6ccccc6)c5)cc(-c5ccc(-c6ccncc6)cc5)c4c3)c2)cc1. The van der Waals surface area contributed by atoms with Gasteiger partial charge in [0.05, 0.1) is 11.2 Å². The second-order valence-electron chi connectivity index (χ2n) is 11.5. The highest BCUT2D eigenvalue weighted by Gasteiger charge is 2.13. The molecule has 216 valence electrons. The Morgan fingerprint density at radius 1 is 0.304 bits per heavy atom. The Balaban J connectivity index is 1.27. The van der Waals surface area contributed by atoms with Gasteiger partial charge in [0.1, 0.15) is 0 Å². The van der Waals surface area contributed by atoms with Gasteiger partial charge in [0.15, 0.2) is 0 Å². The van der Waals surface area contributed by atoms with E-state index in [4.69, 9.17) is 4.98 Å². The average Bonchev–Trinajstić information content (AvgIpc) is 3.15. The summed E-state index contributed by atoms with van der Waals surface area (Å²) in [6.07, 6.45) is 3.67. The number of fused-ring (bicyclic) bond motifs is 1. The Hall–Kier alpha value is -6.12. The van der Waals surface area contributed by atoms with Gasteiger partial charge < -0.3 is 0 Å². The van der Waals surface area contributed by atoms with Crippen LogP contribution in [0.1, 0.15) is 0 Å². The first-order chi connectivity index (χ1) is 22.8. The Morgan fingerprint density at radius 3 is 1.41 bits per heavy atom. The Morgan fingerprint density at radius 2 is 0.761 bits per heavy atom. The van der Waals surface area contributed by atoms with E-state index in [2.05, 4.69) is 163 Å². The Bertz CT molecular complexity index is 2270. The summed E-state index contributed by atoms with van der Waals surface area (Å²) in [5, 5.41) is 1.13. The number of hydrogen-bond donors (Lipinski definition) is 0. The summed E-state index contributed by atoms with van der Waals surface area (Å²) in [6.45, 7) is 0. The van der Waals surface area contributed by atoms with E-state index in [1.807, 2.05) is 24.5 Å². The van der Waals surface area contributed by atoms with E-state index >= 15 is 0 Å². The highest BCUT2D eigenvalue weighted by atomic mass is 14.7. The number of aromatic nitrogens is 2. The molecule has 0 saturated heterocycles. The van der Waals surface area contributed by atoms with Crippen molar-refractivity contribution in [3.8, 4) is 66.9 Å². The number of pyridine rings is 2. The van der Waals surface area contributed by atoms with Crippen LogP contribution in [0.15, 0.2) is 182 Å². The summed E-state index contributed by atoms with van der Waals surface area (Å²) >= 11 is 0. The molecule has 2 nitrogen and oxygen atoms in total. The fourth-order valence-corrected chi connectivity index (χ4v) is 6.18. The Labute approximate surface area is 269 Å². The van der Waals surface area contributed by atoms with Crippen molar-refractivity contribution in [2.24, 2.45) is 0 Å². The molecule has 0 fully saturated rings. The quantitative estimate of drug-likeness (QED) is 0.194. The largest absolute Gasteiger partial charge is 0.265 e. The zero-order valence-electron chi connectivity index (χ0n) is 25.2. The maximum absolute atomic E-state index is 5.22. The molecule has 0 atom stereocenters. The maximum Gasteiger partial charge on any atom is 0.0716 e. The molecule has 0 aliphatic rings. The van der Waals surface area contributed by atoms with Crippen molar-refractivity contribution >= 4 is 10.9 Å². The van der Waals surface area contributed by atoms with Crippen molar-refractivity contribution in [3.63, 3.8) is 0 Å². The fraction of sp³-hybridized carbons (Fsp3) is 0. The maximum atomic E-state index is 5.22. The van der Waals surface area contributed by atoms with E-state index in [0.717, 1.165) is 38.9 Å². The van der Waals surface area contributed by atoms with Gasteiger partial charge in [0.2, 0.25) is 0 Å². The minimum absolute atomic E-state index is 0.956. The van der Waals surface area contributed by atoms with Gasteiger partial charge in [-0.05, 0) is 98.1 Å². The molecular formula is C44H30N2. The lowest BCUT2D eigenvalue weighted by Crippen LogP contribution is -1.92. The summed E-state index contributed by atoms with van der Waals surface area (Å²) in [4.78, 5) is 9.41. The molecule has 8 rings (SSSR count). The molecule has 0 bridgehead atoms. The molecule has 0 radical (unpaired) electrons. The molecule has 0 spiro atoms. The number of nitrogens with zero attached hydrogens (tertiary/aromatic N) is 2. The van der Waals surface area contributed by atoms with E-state index in [9.17, 15) is 0 Å². The first-order valence-electron chi connectivity index (χ1n) is 15.6. The minimum atomic E-state index is 0.956. The number of benzene rings is 6. The van der Waals surface area contributed by atoms with Crippen molar-refractivity contribution < 1.29 is 0 Å². The second kappa shape index (κ2) is 12.1. The predicted octanol–water partition coefficient (Wildman–Crippen LogP) is 11.6. The van der Waals surface area contributed by atoms with Crippen molar-refractivity contribution in [2.45, 2.75) is 0 Å². The highest BCUT2D eigenvalue weighted by molar-refractivity contribution is 5.99. The van der Waals surface area contributed by atoms with Crippen LogP contribution < -0.4 is 0 Å². The first kappa shape index (κ1) is 27.4. The van der Waals surface area contributed by atoms with Gasteiger partial charge in [0.25, 0.3) is 0 Å². The van der Waals surface area contributed by atoms with Crippen molar-refractivity contribution in [3.05, 3.63) is 182 Å². The fourth-order valence-electron chi connectivity index (χ4n) is 6.18. The van der Waals surface area contributed by atoms with E-state index in [1.54, 1.807) is 0 Å². The summed E-state index contributed by atoms with van der Waals surface area (Å²) < 4.78 is 0. The lowest BCUT2D eigenvalue weighted by atomic mass is 9.93. The molecule has 2 aromatic heterocycles. The second-order valence-corrected chi connectivity index (χ2v) is 11.5. The minimum Gasteiger partial charge on any atom is -0.265 e. The monoisotopic (exact) mass is 586 g/mol. The van der Waals surface area contributed by atoms with Crippen LogP contribution >= 0.6 is 0 Å². The molecule has 8 aromatic rings. The smallest absolute Gasteiger partial charge is 0.0716 e. The normalized spacial score (nSPS) is 11.0. The van der Waals surface area contributed by atoms with E-state index in [1.165, 1.54) is 38.9 Å². The lowest BCUT2D eigenvalue weighted by molar-refractivity contribution is 1.33. The van der Waals surface area contributed by atoms with Crippen LogP contribution in [0.4, 0.5) is 0 Å². The molecule has 0 N–H and O–H groups in total. The third kappa shape index (κ3) is 5.49. The molecule has 0 aliphatic heterocycles. The zero-order chi connectivity index (χ0) is 30.7. The van der Waals surface area contributed by atoms with Gasteiger partial charge in [-0.1, -0.05) is 127 Å². The van der Waals surface area contributed by atoms with Crippen LogP contribution in [-0.4, -0.2) is 9.97 Å². The third-order valence-corrected chi connectivity index (χ3v) is 8.59. The van der Waals surface area contributed by atoms with E-state index in [-0.39, 0.29) is 0 Å². The number of rotatable bonds is 6. The van der Waals surface area contributed by atoms with Crippen molar-refractivity contribution in [1.82, 2.24) is 9.97 Å². The lowest BCUT2D eigenvalue weighted by Gasteiger charge is -2.14. The van der Waals surface area contributed by atoms with Gasteiger partial charge in [0, 0.05) is 23.3 Å². The summed E-state index contributed by atoms with van der Waals surface area (Å²) in [7, 11) is 0. The van der Waals surface area contributed by atoms with Crippen LogP contribution in [0.3, 0.4) is 0 Å². The highest BCUT2D eigenvalue weighted by Crippen LogP contribution is 2.37.